The molecule has 0 spiro atoms. The minimum atomic E-state index is -0.893. The summed E-state index contributed by atoms with van der Waals surface area (Å²) in [5.41, 5.74) is 4.96. The molecule has 8 rings (SSSR count). The van der Waals surface area contributed by atoms with Gasteiger partial charge >= 0.3 is 0 Å². The number of aliphatic hydroxyl groups is 1. The molecule has 4 aromatic rings. The minimum absolute atomic E-state index is 0.0685. The summed E-state index contributed by atoms with van der Waals surface area (Å²) in [6.45, 7) is 3.77. The predicted octanol–water partition coefficient (Wildman–Crippen LogP) is 5.42. The van der Waals surface area contributed by atoms with Gasteiger partial charge in [-0.2, -0.15) is 9.61 Å². The minimum Gasteiger partial charge on any atom is -0.390 e. The van der Waals surface area contributed by atoms with Gasteiger partial charge in [0.2, 0.25) is 5.91 Å². The molecule has 3 aromatic heterocycles. The summed E-state index contributed by atoms with van der Waals surface area (Å²) < 4.78 is 1.86. The van der Waals surface area contributed by atoms with Crippen LogP contribution in [0.25, 0.3) is 17.3 Å². The monoisotopic (exact) mass is 575 g/mol. The van der Waals surface area contributed by atoms with E-state index in [1.807, 2.05) is 42.1 Å². The van der Waals surface area contributed by atoms with Crippen LogP contribution in [0.15, 0.2) is 78.0 Å². The number of hydrogen-bond donors (Lipinski definition) is 2. The van der Waals surface area contributed by atoms with Crippen LogP contribution in [0, 0.1) is 12.8 Å². The van der Waals surface area contributed by atoms with Gasteiger partial charge in [0.15, 0.2) is 11.4 Å². The first-order valence-corrected chi connectivity index (χ1v) is 15.0. The first kappa shape index (κ1) is 25.4. The molecule has 1 aromatic carbocycles. The molecule has 2 unspecified atom stereocenters. The quantitative estimate of drug-likeness (QED) is 0.316. The van der Waals surface area contributed by atoms with Crippen molar-refractivity contribution < 1.29 is 14.7 Å². The van der Waals surface area contributed by atoms with E-state index in [9.17, 15) is 14.7 Å². The van der Waals surface area contributed by atoms with E-state index in [-0.39, 0.29) is 24.2 Å². The fourth-order valence-corrected chi connectivity index (χ4v) is 7.97. The number of Topliss-reactive ketones (excluding diaryl/α,β-unsaturated/α-hetero) is 1. The fourth-order valence-electron chi connectivity index (χ4n) is 7.20. The van der Waals surface area contributed by atoms with Gasteiger partial charge in [0, 0.05) is 48.2 Å². The lowest BCUT2D eigenvalue weighted by Crippen LogP contribution is -2.61. The summed E-state index contributed by atoms with van der Waals surface area (Å²) in [7, 11) is 0. The van der Waals surface area contributed by atoms with Gasteiger partial charge in [-0.3, -0.25) is 9.59 Å². The number of benzene rings is 1. The smallest absolute Gasteiger partial charge is 0.242 e. The number of fused-ring (bicyclic) bond motifs is 4. The standard InChI is InChI=1S/C33H29N5O3S/c1-19-13-27-34-15-22-14-24(26-7-4-12-42-26)29(35-30(22)38(27)36-19)20-8-10-23(11-9-20)33(17-32(2,41)18-33)37-16-21-5-3-6-25(39)28(21)31(37)40/h3-5,7-16,28-29,35,41H,6,17-18H2,1-2H3. The average molecular weight is 576 g/mol. The molecule has 2 aliphatic heterocycles. The van der Waals surface area contributed by atoms with Gasteiger partial charge in [0.05, 0.1) is 22.9 Å². The van der Waals surface area contributed by atoms with E-state index in [0.717, 1.165) is 45.0 Å². The highest BCUT2D eigenvalue weighted by atomic mass is 32.1. The number of carbonyl (C=O) groups is 2. The van der Waals surface area contributed by atoms with Crippen molar-refractivity contribution in [1.29, 1.82) is 0 Å². The van der Waals surface area contributed by atoms with Crippen molar-refractivity contribution in [1.82, 2.24) is 19.5 Å². The Kier molecular flexibility index (Phi) is 5.34. The van der Waals surface area contributed by atoms with E-state index >= 15 is 0 Å². The van der Waals surface area contributed by atoms with Crippen molar-refractivity contribution >= 4 is 46.1 Å². The second-order valence-corrected chi connectivity index (χ2v) is 13.1. The van der Waals surface area contributed by atoms with Gasteiger partial charge in [0.25, 0.3) is 0 Å². The normalized spacial score (nSPS) is 28.2. The first-order chi connectivity index (χ1) is 20.2. The number of amides is 1. The summed E-state index contributed by atoms with van der Waals surface area (Å²) in [4.78, 5) is 33.7. The number of ketones is 1. The molecule has 1 saturated carbocycles. The molecular weight excluding hydrogens is 546 g/mol. The summed E-state index contributed by atoms with van der Waals surface area (Å²) in [6.07, 6.45) is 10.7. The van der Waals surface area contributed by atoms with Crippen LogP contribution in [-0.2, 0) is 15.1 Å². The van der Waals surface area contributed by atoms with E-state index in [2.05, 4.69) is 63.3 Å². The predicted molar refractivity (Wildman–Crippen MR) is 161 cm³/mol. The van der Waals surface area contributed by atoms with Crippen LogP contribution in [0.4, 0.5) is 5.82 Å². The molecule has 1 amide bonds. The second-order valence-electron chi connectivity index (χ2n) is 12.1. The van der Waals surface area contributed by atoms with Crippen LogP contribution in [0.2, 0.25) is 0 Å². The Labute approximate surface area is 246 Å². The van der Waals surface area contributed by atoms with Crippen molar-refractivity contribution in [3.8, 4) is 0 Å². The molecule has 2 N–H and O–H groups in total. The third kappa shape index (κ3) is 3.70. The number of thiophene rings is 1. The highest BCUT2D eigenvalue weighted by Crippen LogP contribution is 2.55. The zero-order valence-corrected chi connectivity index (χ0v) is 24.1. The molecular formula is C33H29N5O3S. The summed E-state index contributed by atoms with van der Waals surface area (Å²) in [5, 5.41) is 21.4. The van der Waals surface area contributed by atoms with Crippen LogP contribution < -0.4 is 5.32 Å². The number of hydrogen-bond acceptors (Lipinski definition) is 7. The lowest BCUT2D eigenvalue weighted by atomic mass is 9.61. The largest absolute Gasteiger partial charge is 0.390 e. The molecule has 4 aliphatic rings. The number of aromatic nitrogens is 3. The lowest BCUT2D eigenvalue weighted by molar-refractivity contribution is -0.159. The Morgan fingerprint density at radius 2 is 1.95 bits per heavy atom. The van der Waals surface area contributed by atoms with E-state index in [0.29, 0.717) is 12.8 Å². The van der Waals surface area contributed by atoms with Crippen LogP contribution >= 0.6 is 11.3 Å². The molecule has 0 saturated heterocycles. The molecule has 2 atom stereocenters. The first-order valence-electron chi connectivity index (χ1n) is 14.2. The Balaban J connectivity index is 1.19. The molecule has 0 bridgehead atoms. The molecule has 42 heavy (non-hydrogen) atoms. The Hall–Kier alpha value is -4.34. The maximum atomic E-state index is 13.6. The molecule has 0 radical (unpaired) electrons. The lowest BCUT2D eigenvalue weighted by Gasteiger charge is -2.56. The third-order valence-corrected chi connectivity index (χ3v) is 9.90. The molecule has 1 fully saturated rings. The Morgan fingerprint density at radius 3 is 2.67 bits per heavy atom. The SMILES string of the molecule is Cc1cc2ncc3c(n2n1)NC(c1ccc(C2(N4C=C5C=CCC(=O)C5C4=O)CC(C)(O)C2)cc1)C(c1cccs1)=C3. The van der Waals surface area contributed by atoms with Crippen LogP contribution in [-0.4, -0.2) is 41.9 Å². The van der Waals surface area contributed by atoms with E-state index < -0.39 is 17.1 Å². The van der Waals surface area contributed by atoms with E-state index in [1.54, 1.807) is 23.2 Å². The number of anilines is 1. The van der Waals surface area contributed by atoms with E-state index in [4.69, 9.17) is 0 Å². The van der Waals surface area contributed by atoms with Gasteiger partial charge in [-0.1, -0.05) is 42.5 Å². The molecule has 2 aliphatic carbocycles. The van der Waals surface area contributed by atoms with Crippen molar-refractivity contribution in [3.63, 3.8) is 0 Å². The molecule has 8 nitrogen and oxygen atoms in total. The maximum Gasteiger partial charge on any atom is 0.242 e. The third-order valence-electron chi connectivity index (χ3n) is 8.98. The summed E-state index contributed by atoms with van der Waals surface area (Å²) in [5.74, 6) is -0.108. The molecule has 9 heteroatoms. The van der Waals surface area contributed by atoms with E-state index in [1.165, 1.54) is 4.88 Å². The highest BCUT2D eigenvalue weighted by molar-refractivity contribution is 7.11. The zero-order valence-electron chi connectivity index (χ0n) is 23.2. The van der Waals surface area contributed by atoms with Crippen LogP contribution in [0.1, 0.15) is 59.5 Å². The average Bonchev–Trinajstić information content (AvgIpc) is 3.70. The van der Waals surface area contributed by atoms with Crippen LogP contribution in [0.3, 0.4) is 0 Å². The summed E-state index contributed by atoms with van der Waals surface area (Å²) in [6, 6.07) is 14.4. The fraction of sp³-hybridized carbons (Fsp3) is 0.273. The number of aryl methyl sites for hydroxylation is 1. The number of allylic oxidation sites excluding steroid dienone is 2. The van der Waals surface area contributed by atoms with Crippen molar-refractivity contribution in [2.45, 2.75) is 50.3 Å². The topological polar surface area (TPSA) is 99.8 Å². The van der Waals surface area contributed by atoms with Gasteiger partial charge in [-0.25, -0.2) is 4.98 Å². The molecule has 210 valence electrons. The number of nitrogens with zero attached hydrogens (tertiary/aromatic N) is 4. The summed E-state index contributed by atoms with van der Waals surface area (Å²) >= 11 is 1.69. The van der Waals surface area contributed by atoms with Gasteiger partial charge in [-0.15, -0.1) is 11.3 Å². The van der Waals surface area contributed by atoms with Crippen molar-refractivity contribution in [3.05, 3.63) is 105 Å². The zero-order chi connectivity index (χ0) is 28.8. The van der Waals surface area contributed by atoms with Crippen molar-refractivity contribution in [2.75, 3.05) is 5.32 Å². The number of nitrogens with one attached hydrogen (secondary N) is 1. The highest BCUT2D eigenvalue weighted by Gasteiger charge is 2.59. The number of rotatable bonds is 4. The van der Waals surface area contributed by atoms with Gasteiger partial charge in [-0.05, 0) is 53.6 Å². The Morgan fingerprint density at radius 1 is 1.14 bits per heavy atom. The Bertz CT molecular complexity index is 1870. The van der Waals surface area contributed by atoms with Crippen LogP contribution in [0.5, 0.6) is 0 Å². The molecule has 5 heterocycles. The van der Waals surface area contributed by atoms with Gasteiger partial charge in [0.1, 0.15) is 11.7 Å². The number of carbonyl (C=O) groups excluding carboxylic acids is 2. The van der Waals surface area contributed by atoms with Gasteiger partial charge < -0.3 is 15.3 Å². The second kappa shape index (κ2) is 8.83. The maximum absolute atomic E-state index is 13.6. The van der Waals surface area contributed by atoms with Crippen molar-refractivity contribution in [2.24, 2.45) is 5.92 Å².